The van der Waals surface area contributed by atoms with Gasteiger partial charge in [0, 0.05) is 19.6 Å². The Morgan fingerprint density at radius 1 is 0.684 bits per heavy atom. The Morgan fingerprint density at radius 3 is 0.842 bits per heavy atom. The third-order valence-corrected chi connectivity index (χ3v) is 1.83. The Kier molecular flexibility index (Phi) is 37.4. The standard InChI is InChI=1S/3C3H7NS2.Nd/c3*1-2-4-3(5)6;/h3*2H2,1H3,(H2,4,5,6);/q;;;+3/p-3. The van der Waals surface area contributed by atoms with Crippen LogP contribution in [-0.2, 0) is 37.9 Å². The first-order chi connectivity index (χ1) is 8.31. The fourth-order valence-electron chi connectivity index (χ4n) is 0.433. The zero-order valence-corrected chi connectivity index (χ0v) is 19.2. The fraction of sp³-hybridized carbons (Fsp3) is 0.667. The molecular formula is C9H18N3NdS6. The van der Waals surface area contributed by atoms with Crippen molar-refractivity contribution in [2.24, 2.45) is 0 Å². The van der Waals surface area contributed by atoms with Gasteiger partial charge in [0.2, 0.25) is 0 Å². The summed E-state index contributed by atoms with van der Waals surface area (Å²) < 4.78 is 1.37. The number of hydrogen-bond donors (Lipinski definition) is 3. The van der Waals surface area contributed by atoms with Gasteiger partial charge in [-0.15, -0.1) is 0 Å². The van der Waals surface area contributed by atoms with E-state index in [9.17, 15) is 0 Å². The molecule has 0 saturated carbocycles. The molecule has 0 aromatic heterocycles. The quantitative estimate of drug-likeness (QED) is 0.389. The van der Waals surface area contributed by atoms with Crippen LogP contribution in [0.15, 0.2) is 0 Å². The molecule has 10 heteroatoms. The van der Waals surface area contributed by atoms with Crippen molar-refractivity contribution in [2.45, 2.75) is 20.8 Å². The second-order valence-electron chi connectivity index (χ2n) is 2.45. The van der Waals surface area contributed by atoms with Gasteiger partial charge in [0.15, 0.2) is 0 Å². The molecule has 0 aliphatic rings. The maximum atomic E-state index is 4.50. The molecule has 0 aromatic rings. The van der Waals surface area contributed by atoms with Gasteiger partial charge in [0.1, 0.15) is 0 Å². The molecule has 0 heterocycles. The molecule has 0 aromatic carbocycles. The van der Waals surface area contributed by atoms with Crippen LogP contribution in [0, 0.1) is 40.8 Å². The molecule has 19 heavy (non-hydrogen) atoms. The van der Waals surface area contributed by atoms with Gasteiger partial charge in [-0.2, -0.15) is 0 Å². The first-order valence-corrected chi connectivity index (χ1v) is 7.61. The molecule has 0 aliphatic carbocycles. The van der Waals surface area contributed by atoms with Crippen LogP contribution in [0.1, 0.15) is 20.8 Å². The van der Waals surface area contributed by atoms with Gasteiger partial charge in [0.25, 0.3) is 0 Å². The summed E-state index contributed by atoms with van der Waals surface area (Å²) in [6, 6.07) is 0. The van der Waals surface area contributed by atoms with Gasteiger partial charge >= 0.3 is 40.8 Å². The predicted molar refractivity (Wildman–Crippen MR) is 101 cm³/mol. The van der Waals surface area contributed by atoms with E-state index in [1.807, 2.05) is 20.8 Å². The first kappa shape index (κ1) is 28.8. The molecule has 109 valence electrons. The maximum absolute atomic E-state index is 4.50. The van der Waals surface area contributed by atoms with Crippen LogP contribution in [0.5, 0.6) is 0 Å². The van der Waals surface area contributed by atoms with Crippen molar-refractivity contribution in [1.29, 1.82) is 0 Å². The Bertz CT molecular complexity index is 202. The molecule has 1 radical (unpaired) electrons. The van der Waals surface area contributed by atoms with Crippen LogP contribution < -0.4 is 16.0 Å². The van der Waals surface area contributed by atoms with E-state index in [1.54, 1.807) is 0 Å². The van der Waals surface area contributed by atoms with Gasteiger partial charge in [-0.25, -0.2) is 0 Å². The molecule has 0 rings (SSSR count). The number of rotatable bonds is 3. The van der Waals surface area contributed by atoms with Gasteiger partial charge in [-0.05, 0) is 20.8 Å². The Balaban J connectivity index is -0.0000000865. The van der Waals surface area contributed by atoms with E-state index < -0.39 is 0 Å². The van der Waals surface area contributed by atoms with E-state index >= 15 is 0 Å². The molecule has 0 unspecified atom stereocenters. The Hall–Kier alpha value is 1.68. The van der Waals surface area contributed by atoms with Crippen LogP contribution >= 0.6 is 36.7 Å². The van der Waals surface area contributed by atoms with Crippen molar-refractivity contribution >= 4 is 87.5 Å². The van der Waals surface area contributed by atoms with Gasteiger partial charge < -0.3 is 90.5 Å². The van der Waals surface area contributed by atoms with Gasteiger partial charge in [0.05, 0.1) is 0 Å². The summed E-state index contributed by atoms with van der Waals surface area (Å²) in [6.07, 6.45) is 0. The minimum atomic E-state index is 0. The molecule has 0 spiro atoms. The van der Waals surface area contributed by atoms with Crippen molar-refractivity contribution in [2.75, 3.05) is 19.6 Å². The normalized spacial score (nSPS) is 7.11. The average molecular weight is 505 g/mol. The minimum Gasteiger partial charge on any atom is -0.412 e. The summed E-state index contributed by atoms with van der Waals surface area (Å²) in [6.45, 7) is 8.38. The van der Waals surface area contributed by atoms with Gasteiger partial charge in [-0.3, -0.25) is 0 Å². The maximum Gasteiger partial charge on any atom is 3.00 e. The zero-order chi connectivity index (χ0) is 15.0. The largest absolute Gasteiger partial charge is 3.00 e. The smallest absolute Gasteiger partial charge is 0.412 e. The van der Waals surface area contributed by atoms with Crippen LogP contribution in [-0.4, -0.2) is 32.6 Å². The molecule has 0 saturated heterocycles. The summed E-state index contributed by atoms with van der Waals surface area (Å²) in [5.41, 5.74) is 0. The summed E-state index contributed by atoms with van der Waals surface area (Å²) in [5.74, 6) is 0. The molecule has 3 nitrogen and oxygen atoms in total. The Morgan fingerprint density at radius 2 is 0.842 bits per heavy atom. The van der Waals surface area contributed by atoms with Crippen molar-refractivity contribution in [3.05, 3.63) is 0 Å². The third-order valence-electron chi connectivity index (χ3n) is 0.963. The third kappa shape index (κ3) is 53.9. The topological polar surface area (TPSA) is 36.1 Å². The second kappa shape index (κ2) is 24.7. The van der Waals surface area contributed by atoms with Crippen molar-refractivity contribution in [1.82, 2.24) is 16.0 Å². The van der Waals surface area contributed by atoms with Crippen LogP contribution in [0.4, 0.5) is 0 Å². The fourth-order valence-corrected chi connectivity index (χ4v) is 1.30. The Labute approximate surface area is 182 Å². The van der Waals surface area contributed by atoms with Crippen molar-refractivity contribution < 1.29 is 40.8 Å². The number of hydrogen-bond acceptors (Lipinski definition) is 6. The molecular weight excluding hydrogens is 487 g/mol. The molecule has 3 N–H and O–H groups in total. The van der Waals surface area contributed by atoms with Crippen molar-refractivity contribution in [3.63, 3.8) is 0 Å². The van der Waals surface area contributed by atoms with E-state index in [2.05, 4.69) is 90.5 Å². The first-order valence-electron chi connectivity index (χ1n) is 5.16. The minimum absolute atomic E-state index is 0. The molecule has 0 fully saturated rings. The summed E-state index contributed by atoms with van der Waals surface area (Å²) >= 11 is 27.0. The van der Waals surface area contributed by atoms with Crippen molar-refractivity contribution in [3.8, 4) is 0 Å². The van der Waals surface area contributed by atoms with E-state index in [0.717, 1.165) is 19.6 Å². The van der Waals surface area contributed by atoms with E-state index in [0.29, 0.717) is 13.0 Å². The van der Waals surface area contributed by atoms with Crippen LogP contribution in [0.2, 0.25) is 0 Å². The monoisotopic (exact) mass is 502 g/mol. The van der Waals surface area contributed by atoms with E-state index in [-0.39, 0.29) is 40.8 Å². The van der Waals surface area contributed by atoms with E-state index in [1.165, 1.54) is 0 Å². The zero-order valence-electron chi connectivity index (χ0n) is 11.1. The summed E-state index contributed by atoms with van der Waals surface area (Å²) in [7, 11) is 0. The summed E-state index contributed by atoms with van der Waals surface area (Å²) in [4.78, 5) is 0. The molecule has 0 bridgehead atoms. The number of thiocarbonyl (C=S) groups is 3. The number of nitrogens with one attached hydrogen (secondary N) is 3. The average Bonchev–Trinajstić information content (AvgIpc) is 2.18. The second-order valence-corrected chi connectivity index (χ2v) is 5.68. The van der Waals surface area contributed by atoms with E-state index in [4.69, 9.17) is 0 Å². The van der Waals surface area contributed by atoms with Gasteiger partial charge in [-0.1, -0.05) is 13.0 Å². The SMILES string of the molecule is CCNC(=S)[S-].CCNC(=S)[S-].CCNC(=S)[S-].[Nd+3]. The molecule has 0 aliphatic heterocycles. The molecule has 0 atom stereocenters. The van der Waals surface area contributed by atoms with Crippen LogP contribution in [0.3, 0.4) is 0 Å². The molecule has 0 amide bonds. The predicted octanol–water partition coefficient (Wildman–Crippen LogP) is 1.28. The van der Waals surface area contributed by atoms with Crippen LogP contribution in [0.25, 0.3) is 0 Å². The summed E-state index contributed by atoms with van der Waals surface area (Å²) in [5, 5.41) is 8.26.